The number of piperidine rings is 1. The van der Waals surface area contributed by atoms with Crippen LogP contribution in [-0.4, -0.2) is 58.9 Å². The van der Waals surface area contributed by atoms with Gasteiger partial charge in [-0.1, -0.05) is 0 Å². The number of ether oxygens (including phenoxy) is 1. The lowest BCUT2D eigenvalue weighted by molar-refractivity contribution is -0.0258. The highest BCUT2D eigenvalue weighted by Crippen LogP contribution is 2.21. The molecule has 0 bridgehead atoms. The number of carbonyl (C=O) groups excluding carboxylic acids is 1. The summed E-state index contributed by atoms with van der Waals surface area (Å²) in [6, 6.07) is 0. The van der Waals surface area contributed by atoms with Crippen molar-refractivity contribution in [2.75, 3.05) is 19.6 Å². The first-order chi connectivity index (χ1) is 10.2. The molecule has 8 nitrogen and oxygen atoms in total. The zero-order valence-electron chi connectivity index (χ0n) is 13.5. The van der Waals surface area contributed by atoms with Gasteiger partial charge in [0.2, 0.25) is 0 Å². The highest BCUT2D eigenvalue weighted by atomic mass is 16.6. The van der Waals surface area contributed by atoms with Crippen LogP contribution < -0.4 is 5.73 Å². The number of hydrazine groups is 1. The number of hydrogen-bond acceptors (Lipinski definition) is 5. The molecule has 0 spiro atoms. The first-order valence-corrected chi connectivity index (χ1v) is 7.47. The van der Waals surface area contributed by atoms with Crippen LogP contribution in [0.1, 0.15) is 40.0 Å². The molecular formula is C14H26N4O4. The largest absolute Gasteiger partial charge is 0.463 e. The predicted octanol–water partition coefficient (Wildman–Crippen LogP) is 1.91. The number of nitrogens with two attached hydrogens (primary N) is 1. The van der Waals surface area contributed by atoms with Crippen LogP contribution in [0.3, 0.4) is 0 Å². The quantitative estimate of drug-likeness (QED) is 0.606. The van der Waals surface area contributed by atoms with E-state index in [2.05, 4.69) is 4.99 Å². The molecule has 0 radical (unpaired) electrons. The molecular weight excluding hydrogens is 288 g/mol. The third kappa shape index (κ3) is 6.40. The fourth-order valence-corrected chi connectivity index (χ4v) is 2.31. The van der Waals surface area contributed by atoms with Gasteiger partial charge < -0.3 is 15.6 Å². The van der Waals surface area contributed by atoms with Crippen molar-refractivity contribution in [3.63, 3.8) is 0 Å². The topological polar surface area (TPSA) is 108 Å². The summed E-state index contributed by atoms with van der Waals surface area (Å²) in [5.74, 6) is 0.540. The number of aliphatic imine (C=N–C) groups is 1. The second kappa shape index (κ2) is 8.09. The van der Waals surface area contributed by atoms with Crippen molar-refractivity contribution in [1.82, 2.24) is 10.0 Å². The van der Waals surface area contributed by atoms with Gasteiger partial charge in [0.1, 0.15) is 11.9 Å². The Morgan fingerprint density at radius 1 is 1.41 bits per heavy atom. The van der Waals surface area contributed by atoms with Crippen LogP contribution in [0.4, 0.5) is 9.59 Å². The molecule has 0 aromatic rings. The van der Waals surface area contributed by atoms with Crippen molar-refractivity contribution in [1.29, 1.82) is 0 Å². The van der Waals surface area contributed by atoms with Gasteiger partial charge in [0.25, 0.3) is 0 Å². The molecule has 1 aliphatic rings. The van der Waals surface area contributed by atoms with Gasteiger partial charge in [-0.2, -0.15) is 10.0 Å². The summed E-state index contributed by atoms with van der Waals surface area (Å²) in [5.41, 5.74) is 4.91. The summed E-state index contributed by atoms with van der Waals surface area (Å²) >= 11 is 0. The molecule has 0 aliphatic carbocycles. The van der Waals surface area contributed by atoms with Gasteiger partial charge in [-0.15, -0.1) is 0 Å². The minimum atomic E-state index is -1.36. The van der Waals surface area contributed by atoms with Crippen LogP contribution in [-0.2, 0) is 4.74 Å². The first kappa shape index (κ1) is 18.4. The molecule has 126 valence electrons. The average molecular weight is 314 g/mol. The van der Waals surface area contributed by atoms with Crippen molar-refractivity contribution >= 4 is 18.5 Å². The zero-order chi connectivity index (χ0) is 16.8. The second-order valence-corrected chi connectivity index (χ2v) is 6.33. The Labute approximate surface area is 130 Å². The molecule has 2 amide bonds. The lowest BCUT2D eigenvalue weighted by Crippen LogP contribution is -2.51. The number of nitrogens with zero attached hydrogens (tertiary/aromatic N) is 3. The third-order valence-corrected chi connectivity index (χ3v) is 3.33. The lowest BCUT2D eigenvalue weighted by Gasteiger charge is -2.37. The van der Waals surface area contributed by atoms with E-state index in [-0.39, 0.29) is 0 Å². The summed E-state index contributed by atoms with van der Waals surface area (Å²) in [6.45, 7) is 7.19. The van der Waals surface area contributed by atoms with Crippen LogP contribution in [0, 0.1) is 5.92 Å². The Balaban J connectivity index is 2.74. The lowest BCUT2D eigenvalue weighted by atomic mass is 9.94. The van der Waals surface area contributed by atoms with Crippen LogP contribution in [0.5, 0.6) is 0 Å². The van der Waals surface area contributed by atoms with Crippen molar-refractivity contribution in [2.45, 2.75) is 45.6 Å². The minimum Gasteiger partial charge on any atom is -0.463 e. The van der Waals surface area contributed by atoms with Gasteiger partial charge in [-0.25, -0.2) is 14.6 Å². The number of amides is 2. The molecule has 1 fully saturated rings. The van der Waals surface area contributed by atoms with Crippen molar-refractivity contribution < 1.29 is 19.4 Å². The molecule has 1 aliphatic heterocycles. The number of carboxylic acid groups (broad SMARTS) is 1. The summed E-state index contributed by atoms with van der Waals surface area (Å²) in [4.78, 5) is 26.1. The highest BCUT2D eigenvalue weighted by molar-refractivity contribution is 5.86. The van der Waals surface area contributed by atoms with E-state index < -0.39 is 17.8 Å². The molecule has 22 heavy (non-hydrogen) atoms. The van der Waals surface area contributed by atoms with Gasteiger partial charge in [-0.05, 0) is 52.5 Å². The zero-order valence-corrected chi connectivity index (χ0v) is 13.5. The van der Waals surface area contributed by atoms with Crippen molar-refractivity contribution in [3.05, 3.63) is 0 Å². The smallest absolute Gasteiger partial charge is 0.432 e. The van der Waals surface area contributed by atoms with E-state index in [1.165, 1.54) is 0 Å². The first-order valence-electron chi connectivity index (χ1n) is 7.47. The van der Waals surface area contributed by atoms with Gasteiger partial charge in [-0.3, -0.25) is 0 Å². The highest BCUT2D eigenvalue weighted by Gasteiger charge is 2.29. The number of carbonyl (C=O) groups is 2. The average Bonchev–Trinajstić information content (AvgIpc) is 2.38. The Hall–Kier alpha value is -1.67. The van der Waals surface area contributed by atoms with Gasteiger partial charge in [0, 0.05) is 13.1 Å². The number of rotatable bonds is 4. The van der Waals surface area contributed by atoms with Crippen LogP contribution in [0.25, 0.3) is 0 Å². The maximum Gasteiger partial charge on any atom is 0.432 e. The summed E-state index contributed by atoms with van der Waals surface area (Å²) in [6.07, 6.45) is 1.78. The molecule has 3 N–H and O–H groups in total. The fourth-order valence-electron chi connectivity index (χ4n) is 2.31. The minimum absolute atomic E-state index is 0.540. The molecule has 0 aromatic heterocycles. The standard InChI is InChI=1S/C14H26N4O4/c1-14(2,3)22-13(21)18(10-16-12(19)20)17-8-5-11(4-7-15)6-9-17/h10-11H,4-9,15H2,1-3H3,(H,19,20). The van der Waals surface area contributed by atoms with Gasteiger partial charge in [0.15, 0.2) is 0 Å². The molecule has 1 rings (SSSR count). The number of hydrogen-bond donors (Lipinski definition) is 2. The van der Waals surface area contributed by atoms with Gasteiger partial charge in [0.05, 0.1) is 0 Å². The molecule has 0 aromatic carbocycles. The Morgan fingerprint density at radius 2 is 2.00 bits per heavy atom. The predicted molar refractivity (Wildman–Crippen MR) is 82.6 cm³/mol. The maximum atomic E-state index is 12.2. The van der Waals surface area contributed by atoms with E-state index in [9.17, 15) is 9.59 Å². The van der Waals surface area contributed by atoms with Crippen molar-refractivity contribution in [3.8, 4) is 0 Å². The van der Waals surface area contributed by atoms with E-state index in [1.807, 2.05) is 0 Å². The van der Waals surface area contributed by atoms with Crippen LogP contribution in [0.15, 0.2) is 4.99 Å². The third-order valence-electron chi connectivity index (χ3n) is 3.33. The summed E-state index contributed by atoms with van der Waals surface area (Å²) in [5, 5.41) is 11.6. The van der Waals surface area contributed by atoms with Crippen LogP contribution >= 0.6 is 0 Å². The fraction of sp³-hybridized carbons (Fsp3) is 0.786. The van der Waals surface area contributed by atoms with Crippen LogP contribution in [0.2, 0.25) is 0 Å². The van der Waals surface area contributed by atoms with Gasteiger partial charge >= 0.3 is 12.2 Å². The van der Waals surface area contributed by atoms with E-state index in [0.717, 1.165) is 30.6 Å². The summed E-state index contributed by atoms with van der Waals surface area (Å²) < 4.78 is 5.30. The van der Waals surface area contributed by atoms with E-state index >= 15 is 0 Å². The Bertz CT molecular complexity index is 412. The van der Waals surface area contributed by atoms with E-state index in [0.29, 0.717) is 25.6 Å². The SMILES string of the molecule is CC(C)(C)OC(=O)N(C=NC(=O)O)N1CCC(CCN)CC1. The van der Waals surface area contributed by atoms with E-state index in [4.69, 9.17) is 15.6 Å². The molecule has 0 atom stereocenters. The monoisotopic (exact) mass is 314 g/mol. The second-order valence-electron chi connectivity index (χ2n) is 6.33. The normalized spacial score (nSPS) is 17.6. The Morgan fingerprint density at radius 3 is 2.45 bits per heavy atom. The molecule has 0 saturated carbocycles. The molecule has 1 heterocycles. The molecule has 0 unspecified atom stereocenters. The van der Waals surface area contributed by atoms with Crippen molar-refractivity contribution in [2.24, 2.45) is 16.6 Å². The Kier molecular flexibility index (Phi) is 6.76. The molecule has 1 saturated heterocycles. The molecule has 8 heteroatoms. The maximum absolute atomic E-state index is 12.2. The van der Waals surface area contributed by atoms with E-state index in [1.54, 1.807) is 25.8 Å². The summed E-state index contributed by atoms with van der Waals surface area (Å²) in [7, 11) is 0.